The van der Waals surface area contributed by atoms with E-state index in [0.29, 0.717) is 12.6 Å². The highest BCUT2D eigenvalue weighted by atomic mass is 79.9. The molecule has 4 heteroatoms. The molecule has 1 fully saturated rings. The van der Waals surface area contributed by atoms with Crippen molar-refractivity contribution in [1.29, 1.82) is 0 Å². The highest BCUT2D eigenvalue weighted by molar-refractivity contribution is 9.10. The number of nitrogens with two attached hydrogens (primary N) is 1. The van der Waals surface area contributed by atoms with Crippen molar-refractivity contribution in [1.82, 2.24) is 4.90 Å². The number of amides is 1. The molecule has 1 amide bonds. The lowest BCUT2D eigenvalue weighted by Crippen LogP contribution is -2.44. The van der Waals surface area contributed by atoms with Crippen molar-refractivity contribution < 1.29 is 4.79 Å². The Balaban J connectivity index is 2.23. The van der Waals surface area contributed by atoms with Gasteiger partial charge in [0.1, 0.15) is 0 Å². The monoisotopic (exact) mass is 324 g/mol. The fourth-order valence-electron chi connectivity index (χ4n) is 2.74. The van der Waals surface area contributed by atoms with Crippen molar-refractivity contribution in [3.8, 4) is 0 Å². The number of halogens is 1. The third-order valence-electron chi connectivity index (χ3n) is 3.82. The van der Waals surface area contributed by atoms with Crippen molar-refractivity contribution in [3.63, 3.8) is 0 Å². The Morgan fingerprint density at radius 3 is 3.00 bits per heavy atom. The van der Waals surface area contributed by atoms with Gasteiger partial charge in [0.2, 0.25) is 0 Å². The normalized spacial score (nSPS) is 19.5. The molecule has 1 saturated heterocycles. The maximum absolute atomic E-state index is 12.7. The lowest BCUT2D eigenvalue weighted by Gasteiger charge is -2.36. The minimum absolute atomic E-state index is 0.150. The number of hydrogen-bond donors (Lipinski definition) is 1. The number of hydrogen-bond acceptors (Lipinski definition) is 2. The van der Waals surface area contributed by atoms with Gasteiger partial charge in [-0.3, -0.25) is 4.79 Å². The van der Waals surface area contributed by atoms with Gasteiger partial charge in [-0.15, -0.1) is 0 Å². The summed E-state index contributed by atoms with van der Waals surface area (Å²) in [4.78, 5) is 14.7. The topological polar surface area (TPSA) is 46.3 Å². The van der Waals surface area contributed by atoms with Crippen LogP contribution in [0.5, 0.6) is 0 Å². The molecule has 0 aromatic heterocycles. The van der Waals surface area contributed by atoms with E-state index in [1.54, 1.807) is 0 Å². The Bertz CT molecular complexity index is 459. The van der Waals surface area contributed by atoms with Crippen LogP contribution in [0.4, 0.5) is 0 Å². The highest BCUT2D eigenvalue weighted by Crippen LogP contribution is 2.24. The van der Waals surface area contributed by atoms with E-state index in [9.17, 15) is 4.79 Å². The van der Waals surface area contributed by atoms with Gasteiger partial charge >= 0.3 is 0 Å². The zero-order chi connectivity index (χ0) is 13.8. The van der Waals surface area contributed by atoms with Gasteiger partial charge in [-0.2, -0.15) is 0 Å². The first-order chi connectivity index (χ1) is 9.13. The van der Waals surface area contributed by atoms with E-state index >= 15 is 0 Å². The van der Waals surface area contributed by atoms with Gasteiger partial charge in [0.05, 0.1) is 0 Å². The number of rotatable bonds is 3. The van der Waals surface area contributed by atoms with Gasteiger partial charge in [0, 0.05) is 22.6 Å². The van der Waals surface area contributed by atoms with Crippen LogP contribution in [0.15, 0.2) is 22.7 Å². The summed E-state index contributed by atoms with van der Waals surface area (Å²) in [6.07, 6.45) is 4.28. The molecule has 104 valence electrons. The van der Waals surface area contributed by atoms with Crippen LogP contribution in [0, 0.1) is 6.92 Å². The van der Waals surface area contributed by atoms with Crippen LogP contribution in [0.3, 0.4) is 0 Å². The molecule has 1 unspecified atom stereocenters. The van der Waals surface area contributed by atoms with Crippen LogP contribution in [0.1, 0.15) is 41.6 Å². The largest absolute Gasteiger partial charge is 0.336 e. The van der Waals surface area contributed by atoms with Gasteiger partial charge < -0.3 is 10.6 Å². The number of nitrogens with zero attached hydrogens (tertiary/aromatic N) is 1. The molecule has 19 heavy (non-hydrogen) atoms. The zero-order valence-corrected chi connectivity index (χ0v) is 12.9. The first kappa shape index (κ1) is 14.5. The van der Waals surface area contributed by atoms with E-state index in [4.69, 9.17) is 5.73 Å². The molecule has 2 N–H and O–H groups in total. The van der Waals surface area contributed by atoms with Crippen molar-refractivity contribution >= 4 is 21.8 Å². The van der Waals surface area contributed by atoms with E-state index < -0.39 is 0 Å². The standard InChI is InChI=1S/C15H21BrN2O/c1-11-5-6-12(16)10-14(11)15(19)18-9-3-2-4-13(18)7-8-17/h5-6,10,13H,2-4,7-9,17H2,1H3. The summed E-state index contributed by atoms with van der Waals surface area (Å²) in [5.74, 6) is 0.150. The summed E-state index contributed by atoms with van der Waals surface area (Å²) in [5.41, 5.74) is 7.51. The second-order valence-corrected chi connectivity index (χ2v) is 6.10. The van der Waals surface area contributed by atoms with Crippen LogP contribution in [0.25, 0.3) is 0 Å². The molecule has 0 saturated carbocycles. The predicted octanol–water partition coefficient (Wildman–Crippen LogP) is 3.10. The molecule has 1 atom stereocenters. The molecular weight excluding hydrogens is 304 g/mol. The van der Waals surface area contributed by atoms with Gasteiger partial charge in [0.15, 0.2) is 0 Å². The van der Waals surface area contributed by atoms with Crippen molar-refractivity contribution in [2.75, 3.05) is 13.1 Å². The van der Waals surface area contributed by atoms with Gasteiger partial charge in [0.25, 0.3) is 5.91 Å². The van der Waals surface area contributed by atoms with Crippen molar-refractivity contribution in [2.45, 2.75) is 38.6 Å². The summed E-state index contributed by atoms with van der Waals surface area (Å²) in [6, 6.07) is 6.19. The molecule has 1 aromatic carbocycles. The van der Waals surface area contributed by atoms with Crippen LogP contribution >= 0.6 is 15.9 Å². The van der Waals surface area contributed by atoms with E-state index in [2.05, 4.69) is 15.9 Å². The number of piperidine rings is 1. The second-order valence-electron chi connectivity index (χ2n) is 5.18. The lowest BCUT2D eigenvalue weighted by molar-refractivity contribution is 0.0604. The number of benzene rings is 1. The third-order valence-corrected chi connectivity index (χ3v) is 4.31. The highest BCUT2D eigenvalue weighted by Gasteiger charge is 2.27. The summed E-state index contributed by atoms with van der Waals surface area (Å²) in [7, 11) is 0. The second kappa shape index (κ2) is 6.53. The molecule has 0 radical (unpaired) electrons. The number of likely N-dealkylation sites (tertiary alicyclic amines) is 1. The van der Waals surface area contributed by atoms with Crippen molar-refractivity contribution in [3.05, 3.63) is 33.8 Å². The Morgan fingerprint density at radius 1 is 1.47 bits per heavy atom. The molecule has 2 rings (SSSR count). The summed E-state index contributed by atoms with van der Waals surface area (Å²) >= 11 is 3.44. The molecule has 1 aliphatic rings. The third kappa shape index (κ3) is 3.37. The molecule has 1 aromatic rings. The Morgan fingerprint density at radius 2 is 2.26 bits per heavy atom. The van der Waals surface area contributed by atoms with E-state index in [-0.39, 0.29) is 5.91 Å². The molecule has 1 aliphatic heterocycles. The van der Waals surface area contributed by atoms with E-state index in [0.717, 1.165) is 41.4 Å². The zero-order valence-electron chi connectivity index (χ0n) is 11.4. The maximum Gasteiger partial charge on any atom is 0.254 e. The smallest absolute Gasteiger partial charge is 0.254 e. The maximum atomic E-state index is 12.7. The van der Waals surface area contributed by atoms with E-state index in [1.165, 1.54) is 6.42 Å². The first-order valence-corrected chi connectivity index (χ1v) is 7.70. The molecule has 0 bridgehead atoms. The molecule has 0 aliphatic carbocycles. The van der Waals surface area contributed by atoms with Crippen LogP contribution < -0.4 is 5.73 Å². The Kier molecular flexibility index (Phi) is 4.99. The molecule has 1 heterocycles. The van der Waals surface area contributed by atoms with Gasteiger partial charge in [-0.25, -0.2) is 0 Å². The SMILES string of the molecule is Cc1ccc(Br)cc1C(=O)N1CCCCC1CCN. The van der Waals surface area contributed by atoms with Gasteiger partial charge in [-0.05, 0) is 56.8 Å². The number of carbonyl (C=O) groups excluding carboxylic acids is 1. The fourth-order valence-corrected chi connectivity index (χ4v) is 3.10. The summed E-state index contributed by atoms with van der Waals surface area (Å²) in [5, 5.41) is 0. The first-order valence-electron chi connectivity index (χ1n) is 6.90. The molecule has 3 nitrogen and oxygen atoms in total. The van der Waals surface area contributed by atoms with Crippen LogP contribution in [-0.2, 0) is 0 Å². The lowest BCUT2D eigenvalue weighted by atomic mass is 9.97. The molecular formula is C15H21BrN2O. The Labute approximate surface area is 123 Å². The quantitative estimate of drug-likeness (QED) is 0.928. The number of aryl methyl sites for hydroxylation is 1. The summed E-state index contributed by atoms with van der Waals surface area (Å²) < 4.78 is 0.953. The van der Waals surface area contributed by atoms with Gasteiger partial charge in [-0.1, -0.05) is 22.0 Å². The van der Waals surface area contributed by atoms with Crippen LogP contribution in [0.2, 0.25) is 0 Å². The Hall–Kier alpha value is -0.870. The predicted molar refractivity (Wildman–Crippen MR) is 81.2 cm³/mol. The minimum Gasteiger partial charge on any atom is -0.336 e. The van der Waals surface area contributed by atoms with Crippen molar-refractivity contribution in [2.24, 2.45) is 5.73 Å². The van der Waals surface area contributed by atoms with E-state index in [1.807, 2.05) is 30.0 Å². The average Bonchev–Trinajstić information content (AvgIpc) is 2.42. The number of carbonyl (C=O) groups is 1. The van der Waals surface area contributed by atoms with Crippen LogP contribution in [-0.4, -0.2) is 29.9 Å². The summed E-state index contributed by atoms with van der Waals surface area (Å²) in [6.45, 7) is 3.49. The molecule has 0 spiro atoms. The fraction of sp³-hybridized carbons (Fsp3) is 0.533. The average molecular weight is 325 g/mol. The minimum atomic E-state index is 0.150.